The third-order valence-corrected chi connectivity index (χ3v) is 4.59. The van der Waals surface area contributed by atoms with E-state index in [1.54, 1.807) is 11.3 Å². The largest absolute Gasteiger partial charge is 0.355 e. The molecule has 1 aliphatic heterocycles. The number of piperidine rings is 1. The molecule has 0 spiro atoms. The van der Waals surface area contributed by atoms with Gasteiger partial charge in [-0.2, -0.15) is 0 Å². The first-order chi connectivity index (χ1) is 9.29. The number of nitrogens with zero attached hydrogens (tertiary/aromatic N) is 1. The molecule has 1 aliphatic rings. The Kier molecular flexibility index (Phi) is 8.14. The van der Waals surface area contributed by atoms with Gasteiger partial charge in [0.1, 0.15) is 0 Å². The van der Waals surface area contributed by atoms with Gasteiger partial charge in [-0.25, -0.2) is 0 Å². The number of nitrogens with one attached hydrogen (secondary N) is 1. The summed E-state index contributed by atoms with van der Waals surface area (Å²) in [6.07, 6.45) is 2.87. The van der Waals surface area contributed by atoms with Gasteiger partial charge in [0.15, 0.2) is 0 Å². The van der Waals surface area contributed by atoms with Crippen LogP contribution >= 0.6 is 23.7 Å². The SMILES string of the molecule is Cl.NCCN1CCC(C(=O)NCCc2cccs2)CC1. The fourth-order valence-corrected chi connectivity index (χ4v) is 3.22. The first kappa shape index (κ1) is 17.4. The number of rotatable bonds is 6. The lowest BCUT2D eigenvalue weighted by molar-refractivity contribution is -0.126. The third-order valence-electron chi connectivity index (χ3n) is 3.65. The molecule has 1 fully saturated rings. The zero-order valence-corrected chi connectivity index (χ0v) is 13.3. The summed E-state index contributed by atoms with van der Waals surface area (Å²) < 4.78 is 0. The van der Waals surface area contributed by atoms with E-state index in [1.807, 2.05) is 0 Å². The molecule has 0 saturated carbocycles. The van der Waals surface area contributed by atoms with Crippen molar-refractivity contribution in [1.82, 2.24) is 10.2 Å². The lowest BCUT2D eigenvalue weighted by Gasteiger charge is -2.30. The van der Waals surface area contributed by atoms with Crippen LogP contribution in [0.15, 0.2) is 17.5 Å². The van der Waals surface area contributed by atoms with E-state index in [4.69, 9.17) is 5.73 Å². The van der Waals surface area contributed by atoms with E-state index in [2.05, 4.69) is 27.7 Å². The van der Waals surface area contributed by atoms with Gasteiger partial charge in [0.2, 0.25) is 5.91 Å². The first-order valence-electron chi connectivity index (χ1n) is 7.02. The summed E-state index contributed by atoms with van der Waals surface area (Å²) in [5, 5.41) is 5.14. The predicted octanol–water partition coefficient (Wildman–Crippen LogP) is 1.50. The molecule has 1 aromatic heterocycles. The van der Waals surface area contributed by atoms with Crippen molar-refractivity contribution in [3.8, 4) is 0 Å². The minimum absolute atomic E-state index is 0. The van der Waals surface area contributed by atoms with Gasteiger partial charge in [0.05, 0.1) is 0 Å². The zero-order chi connectivity index (χ0) is 13.5. The number of nitrogens with two attached hydrogens (primary N) is 1. The number of halogens is 1. The molecule has 20 heavy (non-hydrogen) atoms. The first-order valence-corrected chi connectivity index (χ1v) is 7.90. The van der Waals surface area contributed by atoms with Crippen LogP contribution in [-0.4, -0.2) is 43.5 Å². The summed E-state index contributed by atoms with van der Waals surface area (Å²) in [6, 6.07) is 4.16. The van der Waals surface area contributed by atoms with Gasteiger partial charge in [0.25, 0.3) is 0 Å². The van der Waals surface area contributed by atoms with E-state index in [0.29, 0.717) is 6.54 Å². The van der Waals surface area contributed by atoms with Gasteiger partial charge in [-0.3, -0.25) is 4.79 Å². The molecule has 1 saturated heterocycles. The van der Waals surface area contributed by atoms with Crippen LogP contribution in [0.4, 0.5) is 0 Å². The second-order valence-corrected chi connectivity index (χ2v) is 6.06. The van der Waals surface area contributed by atoms with Crippen LogP contribution < -0.4 is 11.1 Å². The highest BCUT2D eigenvalue weighted by molar-refractivity contribution is 7.09. The van der Waals surface area contributed by atoms with Crippen LogP contribution in [0.25, 0.3) is 0 Å². The van der Waals surface area contributed by atoms with Crippen molar-refractivity contribution in [2.24, 2.45) is 11.7 Å². The number of likely N-dealkylation sites (tertiary alicyclic amines) is 1. The molecule has 0 aliphatic carbocycles. The topological polar surface area (TPSA) is 58.4 Å². The zero-order valence-electron chi connectivity index (χ0n) is 11.7. The summed E-state index contributed by atoms with van der Waals surface area (Å²) >= 11 is 1.75. The van der Waals surface area contributed by atoms with E-state index >= 15 is 0 Å². The molecule has 0 atom stereocenters. The molecule has 3 N–H and O–H groups in total. The smallest absolute Gasteiger partial charge is 0.223 e. The summed E-state index contributed by atoms with van der Waals surface area (Å²) in [6.45, 7) is 4.41. The second kappa shape index (κ2) is 9.34. The van der Waals surface area contributed by atoms with Crippen molar-refractivity contribution in [3.05, 3.63) is 22.4 Å². The number of amides is 1. The lowest BCUT2D eigenvalue weighted by atomic mass is 9.96. The van der Waals surface area contributed by atoms with Crippen LogP contribution in [0.2, 0.25) is 0 Å². The minimum Gasteiger partial charge on any atom is -0.355 e. The number of carbonyl (C=O) groups excluding carboxylic acids is 1. The Morgan fingerprint density at radius 1 is 1.45 bits per heavy atom. The Balaban J connectivity index is 0.00000200. The van der Waals surface area contributed by atoms with Crippen molar-refractivity contribution < 1.29 is 4.79 Å². The molecule has 0 unspecified atom stereocenters. The molecule has 4 nitrogen and oxygen atoms in total. The van der Waals surface area contributed by atoms with Gasteiger partial charge in [-0.15, -0.1) is 23.7 Å². The minimum atomic E-state index is 0. The Labute approximate surface area is 131 Å². The fourth-order valence-electron chi connectivity index (χ4n) is 2.51. The maximum atomic E-state index is 12.0. The van der Waals surface area contributed by atoms with Gasteiger partial charge < -0.3 is 16.0 Å². The second-order valence-electron chi connectivity index (χ2n) is 5.02. The van der Waals surface area contributed by atoms with Crippen molar-refractivity contribution >= 4 is 29.7 Å². The molecule has 2 heterocycles. The average molecular weight is 318 g/mol. The standard InChI is InChI=1S/C14H23N3OS.ClH/c15-6-10-17-8-4-12(5-9-17)14(18)16-7-3-13-2-1-11-19-13;/h1-2,11-12H,3-10,15H2,(H,16,18);1H. The summed E-state index contributed by atoms with van der Waals surface area (Å²) in [4.78, 5) is 15.7. The van der Waals surface area contributed by atoms with Crippen LogP contribution in [0.5, 0.6) is 0 Å². The molecule has 1 aromatic rings. The molecule has 114 valence electrons. The van der Waals surface area contributed by atoms with E-state index in [9.17, 15) is 4.79 Å². The predicted molar refractivity (Wildman–Crippen MR) is 86.5 cm³/mol. The normalized spacial score (nSPS) is 16.6. The lowest BCUT2D eigenvalue weighted by Crippen LogP contribution is -2.42. The molecular weight excluding hydrogens is 294 g/mol. The third kappa shape index (κ3) is 5.40. The van der Waals surface area contributed by atoms with Crippen LogP contribution in [0.3, 0.4) is 0 Å². The number of carbonyl (C=O) groups is 1. The van der Waals surface area contributed by atoms with Gasteiger partial charge >= 0.3 is 0 Å². The molecule has 1 amide bonds. The van der Waals surface area contributed by atoms with E-state index in [1.165, 1.54) is 4.88 Å². The van der Waals surface area contributed by atoms with Gasteiger partial charge in [-0.05, 0) is 43.8 Å². The number of thiophene rings is 1. The van der Waals surface area contributed by atoms with Crippen LogP contribution in [-0.2, 0) is 11.2 Å². The van der Waals surface area contributed by atoms with Crippen molar-refractivity contribution in [1.29, 1.82) is 0 Å². The van der Waals surface area contributed by atoms with Crippen LogP contribution in [0, 0.1) is 5.92 Å². The Bertz CT molecular complexity index is 378. The quantitative estimate of drug-likeness (QED) is 0.836. The Morgan fingerprint density at radius 2 is 2.20 bits per heavy atom. The molecular formula is C14H24ClN3OS. The maximum absolute atomic E-state index is 12.0. The average Bonchev–Trinajstić information content (AvgIpc) is 2.93. The van der Waals surface area contributed by atoms with Gasteiger partial charge in [-0.1, -0.05) is 6.07 Å². The van der Waals surface area contributed by atoms with E-state index < -0.39 is 0 Å². The maximum Gasteiger partial charge on any atom is 0.223 e. The molecule has 0 aromatic carbocycles. The number of hydrogen-bond acceptors (Lipinski definition) is 4. The van der Waals surface area contributed by atoms with E-state index in [-0.39, 0.29) is 24.2 Å². The number of hydrogen-bond donors (Lipinski definition) is 2. The fraction of sp³-hybridized carbons (Fsp3) is 0.643. The van der Waals surface area contributed by atoms with Gasteiger partial charge in [0, 0.05) is 30.4 Å². The molecule has 0 bridgehead atoms. The Morgan fingerprint density at radius 3 is 2.80 bits per heavy atom. The summed E-state index contributed by atoms with van der Waals surface area (Å²) in [5.74, 6) is 0.418. The Hall–Kier alpha value is -0.620. The highest BCUT2D eigenvalue weighted by Gasteiger charge is 2.24. The van der Waals surface area contributed by atoms with E-state index in [0.717, 1.165) is 45.4 Å². The monoisotopic (exact) mass is 317 g/mol. The summed E-state index contributed by atoms with van der Waals surface area (Å²) in [7, 11) is 0. The molecule has 2 rings (SSSR count). The highest BCUT2D eigenvalue weighted by Crippen LogP contribution is 2.17. The molecule has 0 radical (unpaired) electrons. The highest BCUT2D eigenvalue weighted by atomic mass is 35.5. The molecule has 6 heteroatoms. The van der Waals surface area contributed by atoms with Crippen molar-refractivity contribution in [2.75, 3.05) is 32.7 Å². The van der Waals surface area contributed by atoms with Crippen molar-refractivity contribution in [3.63, 3.8) is 0 Å². The van der Waals surface area contributed by atoms with Crippen molar-refractivity contribution in [2.45, 2.75) is 19.3 Å². The summed E-state index contributed by atoms with van der Waals surface area (Å²) in [5.41, 5.74) is 5.55. The van der Waals surface area contributed by atoms with Crippen LogP contribution in [0.1, 0.15) is 17.7 Å².